The van der Waals surface area contributed by atoms with Crippen molar-refractivity contribution >= 4 is 5.78 Å². The fourth-order valence-corrected chi connectivity index (χ4v) is 2.53. The Hall–Kier alpha value is -1.29. The molecule has 1 aliphatic rings. The molecule has 0 N–H and O–H groups in total. The quantitative estimate of drug-likeness (QED) is 0.834. The van der Waals surface area contributed by atoms with Crippen molar-refractivity contribution in [3.8, 4) is 0 Å². The maximum Gasteiger partial charge on any atom is 0.263 e. The van der Waals surface area contributed by atoms with Crippen molar-refractivity contribution in [1.29, 1.82) is 0 Å². The molecule has 0 aromatic heterocycles. The fraction of sp³-hybridized carbons (Fsp3) is 0.533. The largest absolute Gasteiger partial charge is 0.300 e. The minimum Gasteiger partial charge on any atom is -0.300 e. The summed E-state index contributed by atoms with van der Waals surface area (Å²) in [6.45, 7) is 2.38. The van der Waals surface area contributed by atoms with Gasteiger partial charge in [0.15, 0.2) is 0 Å². The number of hydrogen-bond donors (Lipinski definition) is 0. The second-order valence-corrected chi connectivity index (χ2v) is 5.08. The fourth-order valence-electron chi connectivity index (χ4n) is 2.53. The average molecular weight is 267 g/mol. The number of hydrogen-bond acceptors (Lipinski definition) is 2. The zero-order chi connectivity index (χ0) is 13.9. The number of alkyl halides is 2. The van der Waals surface area contributed by atoms with E-state index in [4.69, 9.17) is 0 Å². The second kappa shape index (κ2) is 5.78. The smallest absolute Gasteiger partial charge is 0.263 e. The highest BCUT2D eigenvalue weighted by Crippen LogP contribution is 2.32. The van der Waals surface area contributed by atoms with Gasteiger partial charge in [-0.25, -0.2) is 8.78 Å². The standard InChI is InChI=1S/C15H19F2NO/c1-2-15(16,17)14-10-13(19)8-9-18(14)11-12-6-4-3-5-7-12/h3-7,14H,2,8-11H2,1H3. The summed E-state index contributed by atoms with van der Waals surface area (Å²) in [5.74, 6) is -2.85. The highest BCUT2D eigenvalue weighted by molar-refractivity contribution is 5.80. The lowest BCUT2D eigenvalue weighted by Crippen LogP contribution is -2.52. The Balaban J connectivity index is 2.14. The molecule has 0 saturated carbocycles. The van der Waals surface area contributed by atoms with E-state index < -0.39 is 12.0 Å². The molecule has 2 rings (SSSR count). The third-order valence-electron chi connectivity index (χ3n) is 3.73. The van der Waals surface area contributed by atoms with E-state index in [1.807, 2.05) is 30.3 Å². The molecule has 0 radical (unpaired) electrons. The molecule has 0 spiro atoms. The van der Waals surface area contributed by atoms with Crippen molar-refractivity contribution in [2.75, 3.05) is 6.54 Å². The molecule has 1 atom stereocenters. The van der Waals surface area contributed by atoms with Crippen LogP contribution in [0.1, 0.15) is 31.7 Å². The van der Waals surface area contributed by atoms with Crippen molar-refractivity contribution in [3.63, 3.8) is 0 Å². The van der Waals surface area contributed by atoms with Gasteiger partial charge in [0.2, 0.25) is 0 Å². The van der Waals surface area contributed by atoms with Gasteiger partial charge in [-0.05, 0) is 5.56 Å². The number of rotatable bonds is 4. The zero-order valence-electron chi connectivity index (χ0n) is 11.1. The van der Waals surface area contributed by atoms with Gasteiger partial charge in [-0.3, -0.25) is 9.69 Å². The van der Waals surface area contributed by atoms with E-state index in [0.717, 1.165) is 5.56 Å². The van der Waals surface area contributed by atoms with Gasteiger partial charge in [0, 0.05) is 32.4 Å². The van der Waals surface area contributed by atoms with Crippen molar-refractivity contribution in [2.24, 2.45) is 0 Å². The van der Waals surface area contributed by atoms with E-state index in [0.29, 0.717) is 19.5 Å². The minimum atomic E-state index is -2.80. The van der Waals surface area contributed by atoms with E-state index in [1.54, 1.807) is 4.90 Å². The number of Topliss-reactive ketones (excluding diaryl/α,β-unsaturated/α-hetero) is 1. The summed E-state index contributed by atoms with van der Waals surface area (Å²) in [4.78, 5) is 13.2. The molecule has 0 aliphatic carbocycles. The summed E-state index contributed by atoms with van der Waals surface area (Å²) >= 11 is 0. The Bertz CT molecular complexity index is 433. The molecule has 2 nitrogen and oxygen atoms in total. The first kappa shape index (κ1) is 14.1. The van der Waals surface area contributed by atoms with E-state index >= 15 is 0 Å². The third kappa shape index (κ3) is 3.38. The van der Waals surface area contributed by atoms with Gasteiger partial charge in [0.05, 0.1) is 6.04 Å². The molecule has 4 heteroatoms. The summed E-state index contributed by atoms with van der Waals surface area (Å²) in [5.41, 5.74) is 1.01. The maximum atomic E-state index is 14.0. The van der Waals surface area contributed by atoms with Crippen LogP contribution in [0.25, 0.3) is 0 Å². The van der Waals surface area contributed by atoms with E-state index in [1.165, 1.54) is 6.92 Å². The van der Waals surface area contributed by atoms with Gasteiger partial charge in [0.1, 0.15) is 5.78 Å². The number of piperidine rings is 1. The predicted octanol–water partition coefficient (Wildman–Crippen LogP) is 3.27. The number of benzene rings is 1. The highest BCUT2D eigenvalue weighted by atomic mass is 19.3. The minimum absolute atomic E-state index is 0.0341. The summed E-state index contributed by atoms with van der Waals surface area (Å²) in [5, 5.41) is 0. The number of carbonyl (C=O) groups is 1. The summed E-state index contributed by atoms with van der Waals surface area (Å²) in [6, 6.07) is 8.60. The Kier molecular flexibility index (Phi) is 4.30. The van der Waals surface area contributed by atoms with Crippen molar-refractivity contribution in [1.82, 2.24) is 4.90 Å². The molecule has 1 unspecified atom stereocenters. The number of nitrogens with zero attached hydrogens (tertiary/aromatic N) is 1. The summed E-state index contributed by atoms with van der Waals surface area (Å²) < 4.78 is 27.9. The van der Waals surface area contributed by atoms with Crippen LogP contribution < -0.4 is 0 Å². The van der Waals surface area contributed by atoms with Gasteiger partial charge in [0.25, 0.3) is 5.92 Å². The predicted molar refractivity (Wildman–Crippen MR) is 70.1 cm³/mol. The molecule has 1 saturated heterocycles. The van der Waals surface area contributed by atoms with Crippen LogP contribution in [0.5, 0.6) is 0 Å². The third-order valence-corrected chi connectivity index (χ3v) is 3.73. The van der Waals surface area contributed by atoms with Gasteiger partial charge in [-0.1, -0.05) is 37.3 Å². The van der Waals surface area contributed by atoms with Crippen LogP contribution in [0.2, 0.25) is 0 Å². The number of halogens is 2. The number of likely N-dealkylation sites (tertiary alicyclic amines) is 1. The van der Waals surface area contributed by atoms with E-state index in [-0.39, 0.29) is 18.6 Å². The first-order valence-corrected chi connectivity index (χ1v) is 6.70. The Morgan fingerprint density at radius 3 is 2.63 bits per heavy atom. The van der Waals surface area contributed by atoms with Crippen molar-refractivity contribution in [3.05, 3.63) is 35.9 Å². The molecular weight excluding hydrogens is 248 g/mol. The molecule has 1 heterocycles. The van der Waals surface area contributed by atoms with Crippen LogP contribution in [0.3, 0.4) is 0 Å². The van der Waals surface area contributed by atoms with Crippen LogP contribution in [-0.4, -0.2) is 29.2 Å². The van der Waals surface area contributed by atoms with Crippen LogP contribution in [0, 0.1) is 0 Å². The normalized spacial score (nSPS) is 21.6. The first-order chi connectivity index (χ1) is 9.03. The average Bonchev–Trinajstić information content (AvgIpc) is 2.42. The maximum absolute atomic E-state index is 14.0. The Morgan fingerprint density at radius 1 is 1.32 bits per heavy atom. The summed E-state index contributed by atoms with van der Waals surface area (Å²) in [7, 11) is 0. The lowest BCUT2D eigenvalue weighted by Gasteiger charge is -2.39. The zero-order valence-corrected chi connectivity index (χ0v) is 11.1. The summed E-state index contributed by atoms with van der Waals surface area (Å²) in [6.07, 6.45) is 0.118. The first-order valence-electron chi connectivity index (χ1n) is 6.70. The van der Waals surface area contributed by atoms with Crippen molar-refractivity contribution in [2.45, 2.75) is 44.7 Å². The Labute approximate surface area is 112 Å². The molecule has 0 amide bonds. The van der Waals surface area contributed by atoms with Crippen LogP contribution >= 0.6 is 0 Å². The topological polar surface area (TPSA) is 20.3 Å². The van der Waals surface area contributed by atoms with Crippen molar-refractivity contribution < 1.29 is 13.6 Å². The molecule has 19 heavy (non-hydrogen) atoms. The highest BCUT2D eigenvalue weighted by Gasteiger charge is 2.44. The number of ketones is 1. The lowest BCUT2D eigenvalue weighted by molar-refractivity contribution is -0.137. The van der Waals surface area contributed by atoms with Crippen LogP contribution in [0.4, 0.5) is 8.78 Å². The molecule has 1 aliphatic heterocycles. The van der Waals surface area contributed by atoms with E-state index in [9.17, 15) is 13.6 Å². The monoisotopic (exact) mass is 267 g/mol. The molecule has 1 fully saturated rings. The van der Waals surface area contributed by atoms with E-state index in [2.05, 4.69) is 0 Å². The molecule has 1 aromatic rings. The number of carbonyl (C=O) groups excluding carboxylic acids is 1. The molecule has 1 aromatic carbocycles. The van der Waals surface area contributed by atoms with Gasteiger partial charge >= 0.3 is 0 Å². The van der Waals surface area contributed by atoms with Gasteiger partial charge in [-0.15, -0.1) is 0 Å². The SMILES string of the molecule is CCC(F)(F)C1CC(=O)CCN1Cc1ccccc1. The van der Waals surface area contributed by atoms with Crippen LogP contribution in [-0.2, 0) is 11.3 Å². The van der Waals surface area contributed by atoms with Gasteiger partial charge < -0.3 is 0 Å². The molecule has 104 valence electrons. The molecular formula is C15H19F2NO. The van der Waals surface area contributed by atoms with Gasteiger partial charge in [-0.2, -0.15) is 0 Å². The Morgan fingerprint density at radius 2 is 2.00 bits per heavy atom. The lowest BCUT2D eigenvalue weighted by atomic mass is 9.93. The molecule has 0 bridgehead atoms. The van der Waals surface area contributed by atoms with Crippen LogP contribution in [0.15, 0.2) is 30.3 Å². The second-order valence-electron chi connectivity index (χ2n) is 5.08.